The van der Waals surface area contributed by atoms with Crippen LogP contribution in [0.4, 0.5) is 0 Å². The summed E-state index contributed by atoms with van der Waals surface area (Å²) < 4.78 is 11.4. The van der Waals surface area contributed by atoms with Gasteiger partial charge < -0.3 is 24.9 Å². The molecule has 5 nitrogen and oxygen atoms in total. The summed E-state index contributed by atoms with van der Waals surface area (Å²) in [6, 6.07) is 60.5. The minimum absolute atomic E-state index is 0.0677. The molecule has 3 atom stereocenters. The van der Waals surface area contributed by atoms with Crippen LogP contribution in [-0.4, -0.2) is 15.2 Å². The van der Waals surface area contributed by atoms with E-state index in [1.165, 1.54) is 65.9 Å². The zero-order valence-corrected chi connectivity index (χ0v) is 31.3. The van der Waals surface area contributed by atoms with Gasteiger partial charge in [-0.3, -0.25) is 0 Å². The Morgan fingerprint density at radius 3 is 2.00 bits per heavy atom. The smallest absolute Gasteiger partial charge is 0.138 e. The molecule has 3 N–H and O–H groups in total. The van der Waals surface area contributed by atoms with Crippen LogP contribution < -0.4 is 11.1 Å². The minimum atomic E-state index is -0.375. The van der Waals surface area contributed by atoms with Crippen molar-refractivity contribution in [3.63, 3.8) is 0 Å². The molecule has 0 radical (unpaired) electrons. The van der Waals surface area contributed by atoms with E-state index in [0.29, 0.717) is 6.67 Å². The number of ether oxygens (including phenoxy) is 1. The van der Waals surface area contributed by atoms with E-state index in [2.05, 4.69) is 190 Å². The molecule has 1 aliphatic carbocycles. The van der Waals surface area contributed by atoms with Gasteiger partial charge in [0.1, 0.15) is 11.9 Å². The fourth-order valence-corrected chi connectivity index (χ4v) is 9.04. The number of nitrogens with zero attached hydrogens (tertiary/aromatic N) is 2. The molecule has 11 rings (SSSR count). The van der Waals surface area contributed by atoms with Crippen molar-refractivity contribution in [1.82, 2.24) is 14.5 Å². The first-order valence-corrected chi connectivity index (χ1v) is 19.7. The molecule has 2 aliphatic rings. The monoisotopic (exact) mass is 736 g/mol. The summed E-state index contributed by atoms with van der Waals surface area (Å²) in [5.41, 5.74) is 19.6. The van der Waals surface area contributed by atoms with Crippen molar-refractivity contribution in [1.29, 1.82) is 0 Å². The van der Waals surface area contributed by atoms with E-state index in [-0.39, 0.29) is 18.1 Å². The third-order valence-electron chi connectivity index (χ3n) is 11.8. The predicted octanol–water partition coefficient (Wildman–Crippen LogP) is 11.8. The molecular weight excluding hydrogens is 697 g/mol. The molecule has 0 amide bonds. The van der Waals surface area contributed by atoms with Crippen molar-refractivity contribution >= 4 is 43.6 Å². The van der Waals surface area contributed by atoms with Gasteiger partial charge in [-0.2, -0.15) is 0 Å². The third kappa shape index (κ3) is 5.58. The van der Waals surface area contributed by atoms with Gasteiger partial charge >= 0.3 is 0 Å². The number of benzene rings is 7. The highest BCUT2D eigenvalue weighted by atomic mass is 16.5. The van der Waals surface area contributed by atoms with Crippen LogP contribution >= 0.6 is 0 Å². The molecule has 9 aromatic rings. The SMILES string of the molecule is NC(C1=C(NCn2c3ccccc3c3ccc(-c4ccc5c(c4)c4ccccc4n5-c4cccc(-c5ccccc5)c4)cc32)C2C=CC=CC2O1)c1ccccc1. The molecule has 3 unspecified atom stereocenters. The number of nitrogens with one attached hydrogen (secondary N) is 1. The van der Waals surface area contributed by atoms with Gasteiger partial charge in [0.2, 0.25) is 0 Å². The van der Waals surface area contributed by atoms with Gasteiger partial charge in [-0.25, -0.2) is 0 Å². The van der Waals surface area contributed by atoms with Crippen molar-refractivity contribution in [3.8, 4) is 27.9 Å². The topological polar surface area (TPSA) is 57.1 Å². The molecule has 274 valence electrons. The van der Waals surface area contributed by atoms with Crippen LogP contribution in [0, 0.1) is 5.92 Å². The van der Waals surface area contributed by atoms with Crippen molar-refractivity contribution in [2.45, 2.75) is 18.8 Å². The molecular formula is C52H40N4O. The Labute approximate surface area is 331 Å². The van der Waals surface area contributed by atoms with E-state index in [1.807, 2.05) is 18.2 Å². The molecule has 0 saturated carbocycles. The Kier molecular flexibility index (Phi) is 7.93. The number of fused-ring (bicyclic) bond motifs is 7. The van der Waals surface area contributed by atoms with Crippen molar-refractivity contribution in [3.05, 3.63) is 211 Å². The lowest BCUT2D eigenvalue weighted by atomic mass is 9.94. The van der Waals surface area contributed by atoms with E-state index in [0.717, 1.165) is 22.7 Å². The molecule has 1 aliphatic heterocycles. The number of aromatic nitrogens is 2. The number of para-hydroxylation sites is 2. The van der Waals surface area contributed by atoms with Gasteiger partial charge in [0, 0.05) is 27.2 Å². The summed E-state index contributed by atoms with van der Waals surface area (Å²) in [6.45, 7) is 0.562. The van der Waals surface area contributed by atoms with Crippen LogP contribution in [0.5, 0.6) is 0 Å². The highest BCUT2D eigenvalue weighted by Crippen LogP contribution is 2.40. The Morgan fingerprint density at radius 1 is 0.526 bits per heavy atom. The average Bonchev–Trinajstić information content (AvgIpc) is 3.93. The summed E-state index contributed by atoms with van der Waals surface area (Å²) in [5.74, 6) is 0.867. The second-order valence-electron chi connectivity index (χ2n) is 15.1. The fourth-order valence-electron chi connectivity index (χ4n) is 9.04. The maximum Gasteiger partial charge on any atom is 0.138 e. The van der Waals surface area contributed by atoms with Gasteiger partial charge in [0.05, 0.1) is 46.4 Å². The zero-order valence-electron chi connectivity index (χ0n) is 31.3. The van der Waals surface area contributed by atoms with Crippen LogP contribution in [0.1, 0.15) is 11.6 Å². The molecule has 0 bridgehead atoms. The Balaban J connectivity index is 1.00. The van der Waals surface area contributed by atoms with E-state index in [1.54, 1.807) is 0 Å². The van der Waals surface area contributed by atoms with Gasteiger partial charge in [-0.1, -0.05) is 146 Å². The van der Waals surface area contributed by atoms with Crippen molar-refractivity contribution in [2.24, 2.45) is 11.7 Å². The summed E-state index contributed by atoms with van der Waals surface area (Å²) in [5, 5.41) is 8.78. The maximum absolute atomic E-state index is 6.92. The summed E-state index contributed by atoms with van der Waals surface area (Å²) in [6.07, 6.45) is 8.42. The average molecular weight is 737 g/mol. The van der Waals surface area contributed by atoms with E-state index in [4.69, 9.17) is 10.5 Å². The number of rotatable bonds is 8. The van der Waals surface area contributed by atoms with Crippen LogP contribution in [0.3, 0.4) is 0 Å². The van der Waals surface area contributed by atoms with Crippen LogP contribution in [0.15, 0.2) is 206 Å². The van der Waals surface area contributed by atoms with Crippen LogP contribution in [0.25, 0.3) is 71.6 Å². The number of nitrogens with two attached hydrogens (primary N) is 1. The Hall–Kier alpha value is -7.08. The second-order valence-corrected chi connectivity index (χ2v) is 15.1. The van der Waals surface area contributed by atoms with Gasteiger partial charge in [-0.15, -0.1) is 0 Å². The second kappa shape index (κ2) is 13.6. The fraction of sp³-hybridized carbons (Fsp3) is 0.0769. The van der Waals surface area contributed by atoms with E-state index >= 15 is 0 Å². The maximum atomic E-state index is 6.92. The number of hydrogen-bond donors (Lipinski definition) is 2. The molecule has 2 aromatic heterocycles. The summed E-state index contributed by atoms with van der Waals surface area (Å²) in [7, 11) is 0. The quantitative estimate of drug-likeness (QED) is 0.163. The molecule has 57 heavy (non-hydrogen) atoms. The minimum Gasteiger partial charge on any atom is -0.486 e. The van der Waals surface area contributed by atoms with Crippen molar-refractivity contribution < 1.29 is 4.74 Å². The number of allylic oxidation sites excluding steroid dienone is 2. The largest absolute Gasteiger partial charge is 0.486 e. The standard InChI is InChI=1S/C52H40N4O/c53-50(35-16-5-2-6-17-35)52-51(43-22-9-12-25-49(43)57-52)54-33-55-45-23-10-7-20-40(45)42-28-26-38(32-48(42)55)37-27-29-47-44(31-37)41-21-8-11-24-46(41)56(47)39-19-13-18-36(30-39)34-14-3-1-4-15-34/h1-32,43,49-50,54H,33,53H2. The first-order chi connectivity index (χ1) is 28.2. The summed E-state index contributed by atoms with van der Waals surface area (Å²) in [4.78, 5) is 0. The summed E-state index contributed by atoms with van der Waals surface area (Å²) >= 11 is 0. The van der Waals surface area contributed by atoms with Crippen molar-refractivity contribution in [2.75, 3.05) is 0 Å². The lowest BCUT2D eigenvalue weighted by Gasteiger charge is -2.19. The van der Waals surface area contributed by atoms with Crippen LogP contribution in [0.2, 0.25) is 0 Å². The lowest BCUT2D eigenvalue weighted by molar-refractivity contribution is 0.151. The van der Waals surface area contributed by atoms with Gasteiger partial charge in [0.15, 0.2) is 0 Å². The predicted molar refractivity (Wildman–Crippen MR) is 235 cm³/mol. The first kappa shape index (κ1) is 33.3. The van der Waals surface area contributed by atoms with E-state index in [9.17, 15) is 0 Å². The normalized spacial score (nSPS) is 16.8. The van der Waals surface area contributed by atoms with E-state index < -0.39 is 0 Å². The zero-order chi connectivity index (χ0) is 37.9. The molecule has 3 heterocycles. The molecule has 7 aromatic carbocycles. The third-order valence-corrected chi connectivity index (χ3v) is 11.8. The van der Waals surface area contributed by atoms with Gasteiger partial charge in [0.25, 0.3) is 0 Å². The number of hydrogen-bond acceptors (Lipinski definition) is 3. The molecule has 0 spiro atoms. The van der Waals surface area contributed by atoms with Gasteiger partial charge in [-0.05, 0) is 76.4 Å². The lowest BCUT2D eigenvalue weighted by Crippen LogP contribution is -2.26. The Bertz CT molecular complexity index is 3080. The Morgan fingerprint density at radius 2 is 1.16 bits per heavy atom. The highest BCUT2D eigenvalue weighted by molar-refractivity contribution is 6.12. The molecule has 0 saturated heterocycles. The first-order valence-electron chi connectivity index (χ1n) is 19.7. The molecule has 0 fully saturated rings. The molecule has 5 heteroatoms. The highest BCUT2D eigenvalue weighted by Gasteiger charge is 2.37. The van der Waals surface area contributed by atoms with Crippen LogP contribution in [-0.2, 0) is 11.4 Å².